The van der Waals surface area contributed by atoms with Gasteiger partial charge in [0.2, 0.25) is 0 Å². The molecule has 2 atom stereocenters. The number of hydrogen-bond donors (Lipinski definition) is 1. The fourth-order valence-electron chi connectivity index (χ4n) is 2.55. The molecule has 1 aromatic rings. The number of esters is 1. The fraction of sp³-hybridized carbons (Fsp3) is 0.533. The van der Waals surface area contributed by atoms with Crippen LogP contribution < -0.4 is 10.6 Å². The van der Waals surface area contributed by atoms with Crippen LogP contribution in [-0.4, -0.2) is 38.4 Å². The molecule has 0 spiro atoms. The van der Waals surface area contributed by atoms with Crippen LogP contribution in [0.4, 0.5) is 11.4 Å². The van der Waals surface area contributed by atoms with Gasteiger partial charge in [-0.05, 0) is 31.5 Å². The predicted octanol–water partition coefficient (Wildman–Crippen LogP) is 2.06. The molecule has 1 aliphatic rings. The van der Waals surface area contributed by atoms with Gasteiger partial charge in [0.1, 0.15) is 0 Å². The number of anilines is 2. The molecule has 5 heteroatoms. The Labute approximate surface area is 119 Å². The highest BCUT2D eigenvalue weighted by Crippen LogP contribution is 2.29. The second-order valence-corrected chi connectivity index (χ2v) is 5.13. The van der Waals surface area contributed by atoms with E-state index in [2.05, 4.69) is 11.8 Å². The van der Waals surface area contributed by atoms with Crippen molar-refractivity contribution in [3.05, 3.63) is 23.8 Å². The zero-order valence-corrected chi connectivity index (χ0v) is 12.3. The Morgan fingerprint density at radius 2 is 2.30 bits per heavy atom. The Kier molecular flexibility index (Phi) is 4.49. The van der Waals surface area contributed by atoms with Crippen molar-refractivity contribution in [2.24, 2.45) is 0 Å². The van der Waals surface area contributed by atoms with Gasteiger partial charge in [0.15, 0.2) is 0 Å². The third-order valence-electron chi connectivity index (χ3n) is 3.67. The molecule has 1 aliphatic heterocycles. The molecule has 20 heavy (non-hydrogen) atoms. The molecule has 2 rings (SSSR count). The highest BCUT2D eigenvalue weighted by atomic mass is 16.5. The van der Waals surface area contributed by atoms with E-state index in [0.717, 1.165) is 18.7 Å². The van der Waals surface area contributed by atoms with E-state index in [1.165, 1.54) is 7.11 Å². The molecule has 0 amide bonds. The molecule has 1 saturated heterocycles. The second kappa shape index (κ2) is 6.13. The monoisotopic (exact) mass is 278 g/mol. The number of nitrogens with zero attached hydrogens (tertiary/aromatic N) is 1. The summed E-state index contributed by atoms with van der Waals surface area (Å²) in [5, 5.41) is 0. The average Bonchev–Trinajstić information content (AvgIpc) is 2.46. The van der Waals surface area contributed by atoms with Crippen molar-refractivity contribution >= 4 is 17.3 Å². The van der Waals surface area contributed by atoms with Gasteiger partial charge in [-0.1, -0.05) is 6.92 Å². The van der Waals surface area contributed by atoms with Crippen LogP contribution in [0, 0.1) is 0 Å². The van der Waals surface area contributed by atoms with Gasteiger partial charge in [-0.2, -0.15) is 0 Å². The summed E-state index contributed by atoms with van der Waals surface area (Å²) in [5.74, 6) is -0.360. The molecular formula is C15H22N2O3. The first-order valence-corrected chi connectivity index (χ1v) is 6.92. The molecule has 1 fully saturated rings. The normalized spacial score (nSPS) is 22.6. The SMILES string of the molecule is CCC1COC(C)CN1c1ccc(N)cc1C(=O)OC. The maximum atomic E-state index is 12.0. The lowest BCUT2D eigenvalue weighted by Crippen LogP contribution is -2.49. The van der Waals surface area contributed by atoms with Crippen LogP contribution in [0.25, 0.3) is 0 Å². The van der Waals surface area contributed by atoms with Gasteiger partial charge >= 0.3 is 5.97 Å². The summed E-state index contributed by atoms with van der Waals surface area (Å²) in [6.45, 7) is 5.58. The smallest absolute Gasteiger partial charge is 0.340 e. The minimum atomic E-state index is -0.360. The molecule has 5 nitrogen and oxygen atoms in total. The average molecular weight is 278 g/mol. The molecule has 0 radical (unpaired) electrons. The van der Waals surface area contributed by atoms with Crippen LogP contribution in [0.3, 0.4) is 0 Å². The highest BCUT2D eigenvalue weighted by Gasteiger charge is 2.28. The number of morpholine rings is 1. The summed E-state index contributed by atoms with van der Waals surface area (Å²) >= 11 is 0. The molecule has 1 aromatic carbocycles. The van der Waals surface area contributed by atoms with Crippen LogP contribution >= 0.6 is 0 Å². The number of carbonyl (C=O) groups excluding carboxylic acids is 1. The summed E-state index contributed by atoms with van der Waals surface area (Å²) in [7, 11) is 1.38. The molecule has 0 bridgehead atoms. The van der Waals surface area contributed by atoms with Crippen LogP contribution in [0.5, 0.6) is 0 Å². The molecular weight excluding hydrogens is 256 g/mol. The molecule has 0 aliphatic carbocycles. The van der Waals surface area contributed by atoms with E-state index in [-0.39, 0.29) is 18.1 Å². The minimum absolute atomic E-state index is 0.140. The summed E-state index contributed by atoms with van der Waals surface area (Å²) in [4.78, 5) is 14.2. The van der Waals surface area contributed by atoms with Crippen molar-refractivity contribution in [3.8, 4) is 0 Å². The minimum Gasteiger partial charge on any atom is -0.465 e. The molecule has 1 heterocycles. The maximum absolute atomic E-state index is 12.0. The third-order valence-corrected chi connectivity index (χ3v) is 3.67. The molecule has 2 N–H and O–H groups in total. The zero-order chi connectivity index (χ0) is 14.7. The lowest BCUT2D eigenvalue weighted by Gasteiger charge is -2.40. The topological polar surface area (TPSA) is 64.8 Å². The first kappa shape index (κ1) is 14.7. The van der Waals surface area contributed by atoms with E-state index in [9.17, 15) is 4.79 Å². The molecule has 0 saturated carbocycles. The lowest BCUT2D eigenvalue weighted by molar-refractivity contribution is 0.0296. The van der Waals surface area contributed by atoms with Crippen molar-refractivity contribution in [1.82, 2.24) is 0 Å². The second-order valence-electron chi connectivity index (χ2n) is 5.13. The Hall–Kier alpha value is -1.75. The van der Waals surface area contributed by atoms with Gasteiger partial charge < -0.3 is 20.1 Å². The van der Waals surface area contributed by atoms with E-state index >= 15 is 0 Å². The van der Waals surface area contributed by atoms with Gasteiger partial charge in [0, 0.05) is 12.2 Å². The first-order valence-electron chi connectivity index (χ1n) is 6.92. The molecule has 110 valence electrons. The van der Waals surface area contributed by atoms with Gasteiger partial charge in [0.05, 0.1) is 37.1 Å². The fourth-order valence-corrected chi connectivity index (χ4v) is 2.55. The quantitative estimate of drug-likeness (QED) is 0.677. The Bertz CT molecular complexity index is 490. The summed E-state index contributed by atoms with van der Waals surface area (Å²) in [6, 6.07) is 5.64. The number of nitrogens with two attached hydrogens (primary N) is 1. The van der Waals surface area contributed by atoms with Crippen molar-refractivity contribution < 1.29 is 14.3 Å². The van der Waals surface area contributed by atoms with E-state index in [0.29, 0.717) is 17.9 Å². The van der Waals surface area contributed by atoms with Gasteiger partial charge in [0.25, 0.3) is 0 Å². The Balaban J connectivity index is 2.41. The lowest BCUT2D eigenvalue weighted by atomic mass is 10.1. The number of rotatable bonds is 3. The zero-order valence-electron chi connectivity index (χ0n) is 12.3. The van der Waals surface area contributed by atoms with Crippen LogP contribution in [0.15, 0.2) is 18.2 Å². The standard InChI is InChI=1S/C15H22N2O3/c1-4-12-9-20-10(2)8-17(12)14-6-5-11(16)7-13(14)15(18)19-3/h5-7,10,12H,4,8-9,16H2,1-3H3. The van der Waals surface area contributed by atoms with Crippen molar-refractivity contribution in [2.75, 3.05) is 30.9 Å². The summed E-state index contributed by atoms with van der Waals surface area (Å²) < 4.78 is 10.6. The number of nitrogen functional groups attached to an aromatic ring is 1. The number of methoxy groups -OCH3 is 1. The van der Waals surface area contributed by atoms with Crippen molar-refractivity contribution in [2.45, 2.75) is 32.4 Å². The van der Waals surface area contributed by atoms with E-state index in [1.807, 2.05) is 19.1 Å². The highest BCUT2D eigenvalue weighted by molar-refractivity contribution is 5.97. The number of ether oxygens (including phenoxy) is 2. The molecule has 0 aromatic heterocycles. The van der Waals surface area contributed by atoms with Crippen LogP contribution in [0.2, 0.25) is 0 Å². The maximum Gasteiger partial charge on any atom is 0.340 e. The van der Waals surface area contributed by atoms with Gasteiger partial charge in [-0.3, -0.25) is 0 Å². The van der Waals surface area contributed by atoms with E-state index < -0.39 is 0 Å². The number of carbonyl (C=O) groups is 1. The van der Waals surface area contributed by atoms with Crippen molar-refractivity contribution in [1.29, 1.82) is 0 Å². The third kappa shape index (κ3) is 2.88. The van der Waals surface area contributed by atoms with E-state index in [4.69, 9.17) is 15.2 Å². The van der Waals surface area contributed by atoms with E-state index in [1.54, 1.807) is 6.07 Å². The molecule has 2 unspecified atom stereocenters. The Morgan fingerprint density at radius 3 is 2.95 bits per heavy atom. The summed E-state index contributed by atoms with van der Waals surface area (Å²) in [5.41, 5.74) is 7.73. The van der Waals surface area contributed by atoms with Gasteiger partial charge in [-0.15, -0.1) is 0 Å². The first-order chi connectivity index (χ1) is 9.56. The summed E-state index contributed by atoms with van der Waals surface area (Å²) in [6.07, 6.45) is 1.10. The van der Waals surface area contributed by atoms with Crippen LogP contribution in [-0.2, 0) is 9.47 Å². The van der Waals surface area contributed by atoms with Crippen molar-refractivity contribution in [3.63, 3.8) is 0 Å². The number of hydrogen-bond acceptors (Lipinski definition) is 5. The number of benzene rings is 1. The Morgan fingerprint density at radius 1 is 1.55 bits per heavy atom. The van der Waals surface area contributed by atoms with Crippen LogP contribution in [0.1, 0.15) is 30.6 Å². The van der Waals surface area contributed by atoms with Gasteiger partial charge in [-0.25, -0.2) is 4.79 Å². The largest absolute Gasteiger partial charge is 0.465 e. The predicted molar refractivity (Wildman–Crippen MR) is 79.0 cm³/mol.